The average Bonchev–Trinajstić information content (AvgIpc) is 2.15. The van der Waals surface area contributed by atoms with Crippen LogP contribution in [0.2, 0.25) is 0 Å². The first-order chi connectivity index (χ1) is 7.46. The first-order valence-corrected chi connectivity index (χ1v) is 6.25. The number of phenolic OH excluding ortho intramolecular Hbond substituents is 1. The third kappa shape index (κ3) is 2.58. The van der Waals surface area contributed by atoms with Crippen molar-refractivity contribution >= 4 is 0 Å². The Labute approximate surface area is 98.5 Å². The Morgan fingerprint density at radius 2 is 1.75 bits per heavy atom. The van der Waals surface area contributed by atoms with E-state index in [-0.39, 0.29) is 0 Å². The van der Waals surface area contributed by atoms with Gasteiger partial charge >= 0.3 is 0 Å². The molecular weight excluding hydrogens is 196 g/mol. The maximum atomic E-state index is 9.31. The number of hydrogen-bond acceptors (Lipinski definition) is 1. The summed E-state index contributed by atoms with van der Waals surface area (Å²) in [4.78, 5) is 0. The molecule has 16 heavy (non-hydrogen) atoms. The summed E-state index contributed by atoms with van der Waals surface area (Å²) < 4.78 is 0. The van der Waals surface area contributed by atoms with Crippen LogP contribution < -0.4 is 0 Å². The molecule has 0 heterocycles. The topological polar surface area (TPSA) is 20.2 Å². The molecule has 1 nitrogen and oxygen atoms in total. The van der Waals surface area contributed by atoms with Crippen LogP contribution in [0, 0.1) is 11.3 Å². The summed E-state index contributed by atoms with van der Waals surface area (Å²) in [6, 6.07) is 7.77. The van der Waals surface area contributed by atoms with Gasteiger partial charge in [0, 0.05) is 0 Å². The number of hydrogen-bond donors (Lipinski definition) is 1. The van der Waals surface area contributed by atoms with Gasteiger partial charge in [0.25, 0.3) is 0 Å². The van der Waals surface area contributed by atoms with Gasteiger partial charge in [0.2, 0.25) is 0 Å². The number of rotatable bonds is 1. The van der Waals surface area contributed by atoms with E-state index in [1.165, 1.54) is 24.8 Å². The fourth-order valence-corrected chi connectivity index (χ4v) is 3.35. The second kappa shape index (κ2) is 4.12. The molecule has 1 aliphatic rings. The molecule has 0 amide bonds. The van der Waals surface area contributed by atoms with Crippen molar-refractivity contribution in [3.05, 3.63) is 29.8 Å². The Kier molecular flexibility index (Phi) is 2.96. The van der Waals surface area contributed by atoms with Gasteiger partial charge in [-0.15, -0.1) is 0 Å². The van der Waals surface area contributed by atoms with Crippen LogP contribution in [0.15, 0.2) is 24.3 Å². The lowest BCUT2D eigenvalue weighted by Gasteiger charge is -2.39. The van der Waals surface area contributed by atoms with Crippen molar-refractivity contribution in [3.63, 3.8) is 0 Å². The zero-order valence-electron chi connectivity index (χ0n) is 10.5. The third-order valence-electron chi connectivity index (χ3n) is 3.75. The normalized spacial score (nSPS) is 28.9. The molecule has 1 N–H and O–H groups in total. The van der Waals surface area contributed by atoms with Crippen LogP contribution in [0.25, 0.3) is 0 Å². The molecule has 2 atom stereocenters. The first-order valence-electron chi connectivity index (χ1n) is 6.25. The Balaban J connectivity index is 2.17. The van der Waals surface area contributed by atoms with Gasteiger partial charge in [0.1, 0.15) is 5.75 Å². The maximum Gasteiger partial charge on any atom is 0.115 e. The number of benzene rings is 1. The van der Waals surface area contributed by atoms with E-state index < -0.39 is 0 Å². The lowest BCUT2D eigenvalue weighted by Crippen LogP contribution is -2.26. The van der Waals surface area contributed by atoms with E-state index >= 15 is 0 Å². The van der Waals surface area contributed by atoms with Crippen molar-refractivity contribution in [1.82, 2.24) is 0 Å². The summed E-state index contributed by atoms with van der Waals surface area (Å²) >= 11 is 0. The molecule has 1 saturated carbocycles. The van der Waals surface area contributed by atoms with Gasteiger partial charge in [0.05, 0.1) is 0 Å². The van der Waals surface area contributed by atoms with Crippen LogP contribution in [-0.4, -0.2) is 5.11 Å². The maximum absolute atomic E-state index is 9.31. The molecule has 0 bridgehead atoms. The largest absolute Gasteiger partial charge is 0.508 e. The van der Waals surface area contributed by atoms with Gasteiger partial charge in [-0.3, -0.25) is 0 Å². The minimum Gasteiger partial charge on any atom is -0.508 e. The van der Waals surface area contributed by atoms with Crippen molar-refractivity contribution in [2.75, 3.05) is 0 Å². The Hall–Kier alpha value is -0.980. The fourth-order valence-electron chi connectivity index (χ4n) is 3.35. The summed E-state index contributed by atoms with van der Waals surface area (Å²) in [7, 11) is 0. The average molecular weight is 218 g/mol. The van der Waals surface area contributed by atoms with Gasteiger partial charge in [-0.05, 0) is 54.2 Å². The molecule has 88 valence electrons. The molecule has 1 fully saturated rings. The summed E-state index contributed by atoms with van der Waals surface area (Å²) in [5.41, 5.74) is 1.85. The van der Waals surface area contributed by atoms with Crippen molar-refractivity contribution < 1.29 is 5.11 Å². The molecule has 0 aliphatic heterocycles. The molecular formula is C15H22O. The van der Waals surface area contributed by atoms with E-state index in [1.807, 2.05) is 12.1 Å². The summed E-state index contributed by atoms with van der Waals surface area (Å²) in [6.45, 7) is 7.10. The monoisotopic (exact) mass is 218 g/mol. The van der Waals surface area contributed by atoms with E-state index in [0.717, 1.165) is 5.92 Å². The zero-order valence-corrected chi connectivity index (χ0v) is 10.5. The zero-order chi connectivity index (χ0) is 11.8. The molecule has 1 aromatic carbocycles. The van der Waals surface area contributed by atoms with Gasteiger partial charge in [-0.2, -0.15) is 0 Å². The third-order valence-corrected chi connectivity index (χ3v) is 3.75. The van der Waals surface area contributed by atoms with Crippen molar-refractivity contribution in [3.8, 4) is 5.75 Å². The van der Waals surface area contributed by atoms with Gasteiger partial charge < -0.3 is 5.11 Å². The molecule has 1 aliphatic carbocycles. The van der Waals surface area contributed by atoms with Crippen molar-refractivity contribution in [1.29, 1.82) is 0 Å². The first kappa shape index (κ1) is 11.5. The van der Waals surface area contributed by atoms with Crippen LogP contribution in [0.1, 0.15) is 51.5 Å². The van der Waals surface area contributed by atoms with Gasteiger partial charge in [0.15, 0.2) is 0 Å². The molecule has 2 rings (SSSR count). The summed E-state index contributed by atoms with van der Waals surface area (Å²) in [6.07, 6.45) is 3.89. The van der Waals surface area contributed by atoms with Crippen LogP contribution in [0.3, 0.4) is 0 Å². The minimum atomic E-state index is 0.367. The highest BCUT2D eigenvalue weighted by Crippen LogP contribution is 2.45. The van der Waals surface area contributed by atoms with Gasteiger partial charge in [-0.25, -0.2) is 0 Å². The van der Waals surface area contributed by atoms with Crippen molar-refractivity contribution in [2.45, 2.75) is 46.0 Å². The highest BCUT2D eigenvalue weighted by Gasteiger charge is 2.32. The minimum absolute atomic E-state index is 0.367. The number of phenols is 1. The standard InChI is InChI=1S/C15H22O/c1-11-8-13(10-15(2,3)9-11)12-4-6-14(16)7-5-12/h4-7,11,13,16H,8-10H2,1-3H3. The molecule has 0 saturated heterocycles. The summed E-state index contributed by atoms with van der Waals surface area (Å²) in [5, 5.41) is 9.31. The lowest BCUT2D eigenvalue weighted by molar-refractivity contribution is 0.168. The predicted octanol–water partition coefficient (Wildman–Crippen LogP) is 4.32. The smallest absolute Gasteiger partial charge is 0.115 e. The predicted molar refractivity (Wildman–Crippen MR) is 67.6 cm³/mol. The molecule has 1 aromatic rings. The van der Waals surface area contributed by atoms with Crippen LogP contribution in [-0.2, 0) is 0 Å². The molecule has 0 spiro atoms. The Morgan fingerprint density at radius 1 is 1.12 bits per heavy atom. The van der Waals surface area contributed by atoms with Crippen molar-refractivity contribution in [2.24, 2.45) is 11.3 Å². The Morgan fingerprint density at radius 3 is 2.31 bits per heavy atom. The van der Waals surface area contributed by atoms with E-state index in [1.54, 1.807) is 0 Å². The highest BCUT2D eigenvalue weighted by atomic mass is 16.3. The fraction of sp³-hybridized carbons (Fsp3) is 0.600. The SMILES string of the molecule is CC1CC(c2ccc(O)cc2)CC(C)(C)C1. The lowest BCUT2D eigenvalue weighted by atomic mass is 9.66. The van der Waals surface area contributed by atoms with E-state index in [9.17, 15) is 5.11 Å². The molecule has 0 radical (unpaired) electrons. The highest BCUT2D eigenvalue weighted by molar-refractivity contribution is 5.28. The molecule has 2 unspecified atom stereocenters. The van der Waals surface area contributed by atoms with Crippen LogP contribution >= 0.6 is 0 Å². The number of aromatic hydroxyl groups is 1. The Bertz CT molecular complexity index is 350. The second-order valence-electron chi connectivity index (χ2n) is 6.20. The van der Waals surface area contributed by atoms with E-state index in [2.05, 4.69) is 32.9 Å². The molecule has 0 aromatic heterocycles. The second-order valence-corrected chi connectivity index (χ2v) is 6.20. The van der Waals surface area contributed by atoms with Gasteiger partial charge in [-0.1, -0.05) is 32.9 Å². The quantitative estimate of drug-likeness (QED) is 0.744. The summed E-state index contributed by atoms with van der Waals surface area (Å²) in [5.74, 6) is 1.84. The van der Waals surface area contributed by atoms with E-state index in [0.29, 0.717) is 17.1 Å². The van der Waals surface area contributed by atoms with E-state index in [4.69, 9.17) is 0 Å². The van der Waals surface area contributed by atoms with Crippen LogP contribution in [0.5, 0.6) is 5.75 Å². The van der Waals surface area contributed by atoms with Crippen LogP contribution in [0.4, 0.5) is 0 Å². The molecule has 1 heteroatoms.